The predicted molar refractivity (Wildman–Crippen MR) is 43.7 cm³/mol. The van der Waals surface area contributed by atoms with Gasteiger partial charge in [-0.05, 0) is 19.3 Å². The molecule has 0 saturated carbocycles. The Balaban J connectivity index is 0.000000371. The molecule has 1 rings (SSSR count). The zero-order valence-electron chi connectivity index (χ0n) is 6.89. The van der Waals surface area contributed by atoms with E-state index in [4.69, 9.17) is 0 Å². The van der Waals surface area contributed by atoms with E-state index in [0.29, 0.717) is 7.18 Å². The Kier molecular flexibility index (Phi) is 4.91. The van der Waals surface area contributed by atoms with E-state index >= 15 is 0 Å². The van der Waals surface area contributed by atoms with Gasteiger partial charge in [0.15, 0.2) is 0 Å². The first-order valence-electron chi connectivity index (χ1n) is 3.52. The predicted octanol–water partition coefficient (Wildman–Crippen LogP) is 3.11. The third-order valence-electron chi connectivity index (χ3n) is 1.50. The third-order valence-corrected chi connectivity index (χ3v) is 1.50. The van der Waals surface area contributed by atoms with Crippen LogP contribution in [0.4, 0.5) is 4.39 Å². The van der Waals surface area contributed by atoms with Crippen molar-refractivity contribution in [2.45, 2.75) is 20.3 Å². The fourth-order valence-corrected chi connectivity index (χ4v) is 0.834. The minimum Gasteiger partial charge on any atom is -0.255 e. The van der Waals surface area contributed by atoms with Gasteiger partial charge in [-0.25, -0.2) is 0 Å². The normalized spacial score (nSPS) is 22.8. The number of halogens is 1. The molecule has 0 bridgehead atoms. The van der Waals surface area contributed by atoms with Crippen molar-refractivity contribution < 1.29 is 4.39 Å². The van der Waals surface area contributed by atoms with Gasteiger partial charge in [0.2, 0.25) is 0 Å². The molecule has 1 aliphatic carbocycles. The van der Waals surface area contributed by atoms with E-state index in [2.05, 4.69) is 32.1 Å². The highest BCUT2D eigenvalue weighted by Gasteiger charge is 1.97. The largest absolute Gasteiger partial charge is 0.255 e. The van der Waals surface area contributed by atoms with Crippen molar-refractivity contribution in [2.24, 2.45) is 5.92 Å². The first-order valence-corrected chi connectivity index (χ1v) is 3.52. The molecular formula is C9H15F. The number of hydrogen-bond acceptors (Lipinski definition) is 0. The van der Waals surface area contributed by atoms with Crippen LogP contribution >= 0.6 is 0 Å². The molecule has 0 spiro atoms. The Morgan fingerprint density at radius 2 is 2.10 bits per heavy atom. The summed E-state index contributed by atoms with van der Waals surface area (Å²) in [7, 11) is 0.500. The Bertz CT molecular complexity index is 134. The average molecular weight is 142 g/mol. The molecule has 0 aliphatic heterocycles. The van der Waals surface area contributed by atoms with Crippen LogP contribution in [0, 0.1) is 5.92 Å². The van der Waals surface area contributed by atoms with Crippen molar-refractivity contribution in [3.63, 3.8) is 0 Å². The van der Waals surface area contributed by atoms with Crippen molar-refractivity contribution in [3.8, 4) is 0 Å². The molecular weight excluding hydrogens is 127 g/mol. The van der Waals surface area contributed by atoms with Gasteiger partial charge in [-0.3, -0.25) is 4.39 Å². The van der Waals surface area contributed by atoms with E-state index in [0.717, 1.165) is 5.92 Å². The molecule has 0 amide bonds. The zero-order valence-corrected chi connectivity index (χ0v) is 6.89. The van der Waals surface area contributed by atoms with Crippen LogP contribution in [0.15, 0.2) is 23.8 Å². The van der Waals surface area contributed by atoms with Crippen molar-refractivity contribution in [2.75, 3.05) is 7.18 Å². The summed E-state index contributed by atoms with van der Waals surface area (Å²) >= 11 is 0. The fourth-order valence-electron chi connectivity index (χ4n) is 0.834. The van der Waals surface area contributed by atoms with E-state index < -0.39 is 0 Å². The molecule has 0 radical (unpaired) electrons. The molecule has 0 saturated heterocycles. The summed E-state index contributed by atoms with van der Waals surface area (Å²) < 4.78 is 9.50. The van der Waals surface area contributed by atoms with Crippen LogP contribution in [0.25, 0.3) is 0 Å². The van der Waals surface area contributed by atoms with Gasteiger partial charge in [0.25, 0.3) is 0 Å². The Morgan fingerprint density at radius 1 is 1.50 bits per heavy atom. The van der Waals surface area contributed by atoms with Crippen molar-refractivity contribution in [3.05, 3.63) is 23.8 Å². The Labute approximate surface area is 62.4 Å². The van der Waals surface area contributed by atoms with E-state index in [9.17, 15) is 4.39 Å². The molecule has 0 aromatic heterocycles. The second-order valence-corrected chi connectivity index (χ2v) is 2.52. The Morgan fingerprint density at radius 3 is 2.40 bits per heavy atom. The average Bonchev–Trinajstić information content (AvgIpc) is 2.00. The fraction of sp³-hybridized carbons (Fsp3) is 0.556. The molecule has 1 aliphatic rings. The SMILES string of the molecule is CC1=CCC(C)C=C1.CF. The van der Waals surface area contributed by atoms with Gasteiger partial charge < -0.3 is 0 Å². The summed E-state index contributed by atoms with van der Waals surface area (Å²) in [5.74, 6) is 0.763. The number of rotatable bonds is 0. The van der Waals surface area contributed by atoms with Crippen LogP contribution in [-0.4, -0.2) is 7.18 Å². The summed E-state index contributed by atoms with van der Waals surface area (Å²) in [4.78, 5) is 0. The lowest BCUT2D eigenvalue weighted by Gasteiger charge is -2.06. The lowest BCUT2D eigenvalue weighted by molar-refractivity contribution is 0.636. The minimum atomic E-state index is 0.500. The van der Waals surface area contributed by atoms with E-state index in [1.807, 2.05) is 0 Å². The molecule has 1 atom stereocenters. The molecule has 10 heavy (non-hydrogen) atoms. The second kappa shape index (κ2) is 5.21. The van der Waals surface area contributed by atoms with E-state index in [-0.39, 0.29) is 0 Å². The molecule has 58 valence electrons. The van der Waals surface area contributed by atoms with Crippen molar-refractivity contribution >= 4 is 0 Å². The van der Waals surface area contributed by atoms with Crippen LogP contribution in [0.5, 0.6) is 0 Å². The van der Waals surface area contributed by atoms with Gasteiger partial charge in [-0.1, -0.05) is 30.7 Å². The lowest BCUT2D eigenvalue weighted by Crippen LogP contribution is -1.91. The highest BCUT2D eigenvalue weighted by molar-refractivity contribution is 5.20. The van der Waals surface area contributed by atoms with Gasteiger partial charge in [0, 0.05) is 0 Å². The molecule has 0 aromatic rings. The third kappa shape index (κ3) is 3.44. The molecule has 1 unspecified atom stereocenters. The monoisotopic (exact) mass is 142 g/mol. The smallest absolute Gasteiger partial charge is 0.0785 e. The summed E-state index contributed by atoms with van der Waals surface area (Å²) in [6.45, 7) is 4.38. The first-order chi connectivity index (χ1) is 4.79. The van der Waals surface area contributed by atoms with Gasteiger partial charge in [-0.15, -0.1) is 0 Å². The van der Waals surface area contributed by atoms with Gasteiger partial charge in [0.05, 0.1) is 7.18 Å². The van der Waals surface area contributed by atoms with E-state index in [1.54, 1.807) is 0 Å². The standard InChI is InChI=1S/C8H12.CH3F/c1-7-3-5-8(2)6-4-7;1-2/h3-5,8H,6H2,1-2H3;1H3. The quantitative estimate of drug-likeness (QED) is 0.487. The van der Waals surface area contributed by atoms with Crippen LogP contribution in [0.3, 0.4) is 0 Å². The summed E-state index contributed by atoms with van der Waals surface area (Å²) in [6.07, 6.45) is 7.95. The first kappa shape index (κ1) is 9.41. The summed E-state index contributed by atoms with van der Waals surface area (Å²) in [5.41, 5.74) is 1.41. The number of allylic oxidation sites excluding steroid dienone is 4. The van der Waals surface area contributed by atoms with Crippen LogP contribution < -0.4 is 0 Å². The maximum absolute atomic E-state index is 9.50. The van der Waals surface area contributed by atoms with E-state index in [1.165, 1.54) is 12.0 Å². The van der Waals surface area contributed by atoms with Gasteiger partial charge >= 0.3 is 0 Å². The maximum atomic E-state index is 9.50. The highest BCUT2D eigenvalue weighted by Crippen LogP contribution is 2.13. The van der Waals surface area contributed by atoms with Crippen LogP contribution in [-0.2, 0) is 0 Å². The lowest BCUT2D eigenvalue weighted by atomic mass is 10.00. The maximum Gasteiger partial charge on any atom is 0.0785 e. The summed E-state index contributed by atoms with van der Waals surface area (Å²) in [6, 6.07) is 0. The van der Waals surface area contributed by atoms with Gasteiger partial charge in [-0.2, -0.15) is 0 Å². The van der Waals surface area contributed by atoms with Gasteiger partial charge in [0.1, 0.15) is 0 Å². The van der Waals surface area contributed by atoms with Crippen molar-refractivity contribution in [1.29, 1.82) is 0 Å². The molecule has 0 nitrogen and oxygen atoms in total. The molecule has 0 fully saturated rings. The Hall–Kier alpha value is -0.590. The minimum absolute atomic E-state index is 0.500. The molecule has 0 heterocycles. The summed E-state index contributed by atoms with van der Waals surface area (Å²) in [5, 5.41) is 0. The topological polar surface area (TPSA) is 0 Å². The molecule has 0 N–H and O–H groups in total. The zero-order chi connectivity index (χ0) is 7.98. The van der Waals surface area contributed by atoms with Crippen LogP contribution in [0.1, 0.15) is 20.3 Å². The van der Waals surface area contributed by atoms with Crippen molar-refractivity contribution in [1.82, 2.24) is 0 Å². The molecule has 0 aromatic carbocycles. The molecule has 1 heteroatoms. The number of hydrogen-bond donors (Lipinski definition) is 0. The highest BCUT2D eigenvalue weighted by atomic mass is 19.1. The second-order valence-electron chi connectivity index (χ2n) is 2.52. The number of alkyl halides is 1. The van der Waals surface area contributed by atoms with Crippen LogP contribution in [0.2, 0.25) is 0 Å².